The maximum absolute atomic E-state index is 4.23. The Labute approximate surface area is 77.4 Å². The van der Waals surface area contributed by atoms with Crippen LogP contribution in [0.2, 0.25) is 0 Å². The van der Waals surface area contributed by atoms with Crippen molar-refractivity contribution in [1.82, 2.24) is 4.98 Å². The van der Waals surface area contributed by atoms with Crippen molar-refractivity contribution >= 4 is 10.9 Å². The molecule has 2 aromatic rings. The second-order valence-electron chi connectivity index (χ2n) is 2.79. The predicted molar refractivity (Wildman–Crippen MR) is 54.3 cm³/mol. The number of hydrogen-bond donors (Lipinski definition) is 0. The van der Waals surface area contributed by atoms with E-state index in [2.05, 4.69) is 22.9 Å². The molecule has 0 saturated carbocycles. The molecule has 13 heavy (non-hydrogen) atoms. The zero-order valence-corrected chi connectivity index (χ0v) is 7.41. The van der Waals surface area contributed by atoms with Crippen LogP contribution in [0.1, 0.15) is 12.5 Å². The summed E-state index contributed by atoms with van der Waals surface area (Å²) >= 11 is 0. The van der Waals surface area contributed by atoms with E-state index in [1.165, 1.54) is 0 Å². The van der Waals surface area contributed by atoms with E-state index in [9.17, 15) is 0 Å². The Balaban J connectivity index is 2.66. The number of hydrogen-bond acceptors (Lipinski definition) is 1. The van der Waals surface area contributed by atoms with Crippen molar-refractivity contribution in [2.24, 2.45) is 0 Å². The summed E-state index contributed by atoms with van der Waals surface area (Å²) in [6, 6.07) is 10.0. The molecule has 1 nitrogen and oxygen atoms in total. The predicted octanol–water partition coefficient (Wildman–Crippen LogP) is 2.61. The minimum absolute atomic E-state index is 1.02. The first-order valence-corrected chi connectivity index (χ1v) is 4.18. The van der Waals surface area contributed by atoms with Crippen LogP contribution in [0.15, 0.2) is 36.5 Å². The molecule has 0 N–H and O–H groups in total. The lowest BCUT2D eigenvalue weighted by Gasteiger charge is -1.95. The van der Waals surface area contributed by atoms with E-state index in [4.69, 9.17) is 0 Å². The molecule has 1 aromatic heterocycles. The second-order valence-corrected chi connectivity index (χ2v) is 2.79. The molecule has 0 saturated heterocycles. The number of fused-ring (bicyclic) bond motifs is 1. The zero-order chi connectivity index (χ0) is 9.10. The minimum Gasteiger partial charge on any atom is -0.256 e. The third-order valence-electron chi connectivity index (χ3n) is 1.87. The molecular formula is C12H9N. The maximum atomic E-state index is 4.23. The van der Waals surface area contributed by atoms with Crippen LogP contribution in [0, 0.1) is 11.8 Å². The summed E-state index contributed by atoms with van der Waals surface area (Å²) in [4.78, 5) is 4.23. The first-order valence-electron chi connectivity index (χ1n) is 4.18. The molecule has 1 heterocycles. The molecule has 0 aliphatic carbocycles. The molecule has 1 aromatic carbocycles. The average Bonchev–Trinajstić information content (AvgIpc) is 2.18. The van der Waals surface area contributed by atoms with Crippen LogP contribution in [0.5, 0.6) is 0 Å². The summed E-state index contributed by atoms with van der Waals surface area (Å²) in [5, 5.41) is 1.14. The summed E-state index contributed by atoms with van der Waals surface area (Å²) in [5.74, 6) is 5.90. The molecule has 0 aliphatic rings. The minimum atomic E-state index is 1.02. The van der Waals surface area contributed by atoms with Crippen molar-refractivity contribution in [1.29, 1.82) is 0 Å². The van der Waals surface area contributed by atoms with E-state index in [0.717, 1.165) is 16.5 Å². The van der Waals surface area contributed by atoms with Gasteiger partial charge in [0.05, 0.1) is 5.52 Å². The van der Waals surface area contributed by atoms with Gasteiger partial charge in [-0.1, -0.05) is 12.0 Å². The highest BCUT2D eigenvalue weighted by Crippen LogP contribution is 2.12. The lowest BCUT2D eigenvalue weighted by atomic mass is 10.1. The third-order valence-corrected chi connectivity index (χ3v) is 1.87. The SMILES string of the molecule is CC#Cc1ccc2ncccc2c1. The van der Waals surface area contributed by atoms with E-state index < -0.39 is 0 Å². The Bertz CT molecular complexity index is 489. The lowest BCUT2D eigenvalue weighted by molar-refractivity contribution is 1.41. The third kappa shape index (κ3) is 1.52. The van der Waals surface area contributed by atoms with Gasteiger partial charge in [-0.25, -0.2) is 0 Å². The van der Waals surface area contributed by atoms with Crippen molar-refractivity contribution in [3.05, 3.63) is 42.1 Å². The van der Waals surface area contributed by atoms with Gasteiger partial charge in [0, 0.05) is 17.1 Å². The molecule has 0 amide bonds. The molecule has 0 bridgehead atoms. The van der Waals surface area contributed by atoms with Crippen LogP contribution < -0.4 is 0 Å². The van der Waals surface area contributed by atoms with Gasteiger partial charge in [0.1, 0.15) is 0 Å². The van der Waals surface area contributed by atoms with Crippen LogP contribution in [0.25, 0.3) is 10.9 Å². The van der Waals surface area contributed by atoms with Gasteiger partial charge in [-0.15, -0.1) is 5.92 Å². The number of rotatable bonds is 0. The van der Waals surface area contributed by atoms with Crippen LogP contribution in [0.3, 0.4) is 0 Å². The second kappa shape index (κ2) is 3.28. The van der Waals surface area contributed by atoms with Crippen molar-refractivity contribution in [2.75, 3.05) is 0 Å². The van der Waals surface area contributed by atoms with Gasteiger partial charge in [0.15, 0.2) is 0 Å². The zero-order valence-electron chi connectivity index (χ0n) is 7.41. The number of pyridine rings is 1. The van der Waals surface area contributed by atoms with Crippen LogP contribution in [-0.4, -0.2) is 4.98 Å². The van der Waals surface area contributed by atoms with Crippen LogP contribution in [0.4, 0.5) is 0 Å². The first-order chi connectivity index (χ1) is 6.40. The Kier molecular flexibility index (Phi) is 1.97. The Morgan fingerprint density at radius 3 is 3.00 bits per heavy atom. The van der Waals surface area contributed by atoms with Crippen molar-refractivity contribution < 1.29 is 0 Å². The van der Waals surface area contributed by atoms with Gasteiger partial charge in [-0.3, -0.25) is 4.98 Å². The molecule has 2 rings (SSSR count). The molecule has 0 radical (unpaired) electrons. The van der Waals surface area contributed by atoms with Crippen molar-refractivity contribution in [2.45, 2.75) is 6.92 Å². The Morgan fingerprint density at radius 1 is 1.23 bits per heavy atom. The standard InChI is InChI=1S/C12H9N/c1-2-4-10-6-7-12-11(9-10)5-3-8-13-12/h3,5-9H,1H3. The van der Waals surface area contributed by atoms with E-state index in [-0.39, 0.29) is 0 Å². The van der Waals surface area contributed by atoms with E-state index >= 15 is 0 Å². The van der Waals surface area contributed by atoms with E-state index in [0.29, 0.717) is 0 Å². The molecule has 0 fully saturated rings. The molecule has 1 heteroatoms. The first kappa shape index (κ1) is 7.82. The lowest BCUT2D eigenvalue weighted by Crippen LogP contribution is -1.79. The summed E-state index contributed by atoms with van der Waals surface area (Å²) in [6.45, 7) is 1.84. The fourth-order valence-electron chi connectivity index (χ4n) is 1.30. The van der Waals surface area contributed by atoms with Crippen molar-refractivity contribution in [3.8, 4) is 11.8 Å². The fourth-order valence-corrected chi connectivity index (χ4v) is 1.30. The fraction of sp³-hybridized carbons (Fsp3) is 0.0833. The van der Waals surface area contributed by atoms with Gasteiger partial charge in [0.25, 0.3) is 0 Å². The highest BCUT2D eigenvalue weighted by Gasteiger charge is 1.92. The monoisotopic (exact) mass is 167 g/mol. The van der Waals surface area contributed by atoms with Crippen molar-refractivity contribution in [3.63, 3.8) is 0 Å². The quantitative estimate of drug-likeness (QED) is 0.549. The van der Waals surface area contributed by atoms with Gasteiger partial charge in [0.2, 0.25) is 0 Å². The smallest absolute Gasteiger partial charge is 0.0702 e. The average molecular weight is 167 g/mol. The molecule has 62 valence electrons. The van der Waals surface area contributed by atoms with E-state index in [1.54, 1.807) is 6.20 Å². The van der Waals surface area contributed by atoms with Gasteiger partial charge >= 0.3 is 0 Å². The molecule has 0 spiro atoms. The summed E-state index contributed by atoms with van der Waals surface area (Å²) in [7, 11) is 0. The largest absolute Gasteiger partial charge is 0.256 e. The van der Waals surface area contributed by atoms with Gasteiger partial charge < -0.3 is 0 Å². The van der Waals surface area contributed by atoms with Gasteiger partial charge in [-0.2, -0.15) is 0 Å². The summed E-state index contributed by atoms with van der Waals surface area (Å²) in [6.07, 6.45) is 1.80. The summed E-state index contributed by atoms with van der Waals surface area (Å²) in [5.41, 5.74) is 2.06. The maximum Gasteiger partial charge on any atom is 0.0702 e. The number of nitrogens with zero attached hydrogens (tertiary/aromatic N) is 1. The molecule has 0 unspecified atom stereocenters. The molecule has 0 atom stereocenters. The molecule has 0 aliphatic heterocycles. The van der Waals surface area contributed by atoms with E-state index in [1.807, 2.05) is 31.2 Å². The topological polar surface area (TPSA) is 12.9 Å². The highest BCUT2D eigenvalue weighted by molar-refractivity contribution is 5.79. The normalized spacial score (nSPS) is 9.31. The highest BCUT2D eigenvalue weighted by atomic mass is 14.6. The van der Waals surface area contributed by atoms with Gasteiger partial charge in [-0.05, 0) is 31.2 Å². The Hall–Kier alpha value is -1.81. The number of aromatic nitrogens is 1. The molecular weight excluding hydrogens is 158 g/mol. The summed E-state index contributed by atoms with van der Waals surface area (Å²) < 4.78 is 0. The van der Waals surface area contributed by atoms with Crippen LogP contribution in [-0.2, 0) is 0 Å². The number of benzene rings is 1. The Morgan fingerprint density at radius 2 is 2.15 bits per heavy atom. The van der Waals surface area contributed by atoms with Crippen LogP contribution >= 0.6 is 0 Å².